The summed E-state index contributed by atoms with van der Waals surface area (Å²) in [5.41, 5.74) is 2.25. The number of aryl methyl sites for hydroxylation is 1. The number of amides is 1. The molecule has 2 rings (SSSR count). The molecule has 0 unspecified atom stereocenters. The van der Waals surface area contributed by atoms with Gasteiger partial charge in [0.05, 0.1) is 6.54 Å². The zero-order chi connectivity index (χ0) is 10.1. The van der Waals surface area contributed by atoms with Gasteiger partial charge in [0, 0.05) is 17.1 Å². The third-order valence-electron chi connectivity index (χ3n) is 2.37. The highest BCUT2D eigenvalue weighted by Gasteiger charge is 2.19. The van der Waals surface area contributed by atoms with Gasteiger partial charge in [-0.25, -0.2) is 0 Å². The second-order valence-corrected chi connectivity index (χ2v) is 4.30. The molecule has 1 aliphatic rings. The van der Waals surface area contributed by atoms with Gasteiger partial charge < -0.3 is 4.90 Å². The van der Waals surface area contributed by atoms with E-state index in [4.69, 9.17) is 0 Å². The number of halogens is 1. The molecule has 1 aromatic carbocycles. The van der Waals surface area contributed by atoms with E-state index in [1.165, 1.54) is 5.56 Å². The number of carbonyl (C=O) groups is 1. The third kappa shape index (κ3) is 1.69. The van der Waals surface area contributed by atoms with Gasteiger partial charge in [0.25, 0.3) is 0 Å². The molecule has 1 amide bonds. The first-order valence-corrected chi connectivity index (χ1v) is 5.39. The average Bonchev–Trinajstić information content (AvgIpc) is 2.16. The minimum atomic E-state index is 0.0771. The van der Waals surface area contributed by atoms with E-state index < -0.39 is 0 Å². The molecule has 1 aliphatic heterocycles. The quantitative estimate of drug-likeness (QED) is 0.696. The Morgan fingerprint density at radius 1 is 1.50 bits per heavy atom. The maximum Gasteiger partial charge on any atom is 0.224 e. The van der Waals surface area contributed by atoms with Gasteiger partial charge in [-0.1, -0.05) is 15.9 Å². The predicted octanol–water partition coefficient (Wildman–Crippen LogP) is 2.91. The first kappa shape index (κ1) is 9.71. The van der Waals surface area contributed by atoms with Crippen LogP contribution in [0, 0.1) is 6.54 Å². The Balaban J connectivity index is 2.44. The minimum absolute atomic E-state index is 0.0771. The SMILES string of the molecule is CC(=O)N1[CH]CCc2cc(Br)ccc21. The third-order valence-corrected chi connectivity index (χ3v) is 2.86. The van der Waals surface area contributed by atoms with E-state index in [1.54, 1.807) is 11.8 Å². The van der Waals surface area contributed by atoms with Gasteiger partial charge >= 0.3 is 0 Å². The Labute approximate surface area is 92.0 Å². The molecule has 0 aliphatic carbocycles. The Morgan fingerprint density at radius 3 is 3.00 bits per heavy atom. The van der Waals surface area contributed by atoms with E-state index in [1.807, 2.05) is 18.7 Å². The molecule has 2 nitrogen and oxygen atoms in total. The second-order valence-electron chi connectivity index (χ2n) is 3.38. The summed E-state index contributed by atoms with van der Waals surface area (Å²) in [5, 5.41) is 0. The first-order chi connectivity index (χ1) is 6.68. The summed E-state index contributed by atoms with van der Waals surface area (Å²) in [7, 11) is 0. The molecule has 14 heavy (non-hydrogen) atoms. The molecule has 0 saturated heterocycles. The summed E-state index contributed by atoms with van der Waals surface area (Å²) in [4.78, 5) is 13.1. The number of hydrogen-bond acceptors (Lipinski definition) is 1. The molecule has 0 N–H and O–H groups in total. The fourth-order valence-corrected chi connectivity index (χ4v) is 2.14. The maximum atomic E-state index is 11.3. The summed E-state index contributed by atoms with van der Waals surface area (Å²) >= 11 is 3.43. The molecule has 1 radical (unpaired) electrons. The van der Waals surface area contributed by atoms with Crippen molar-refractivity contribution in [2.24, 2.45) is 0 Å². The van der Waals surface area contributed by atoms with Crippen molar-refractivity contribution in [1.29, 1.82) is 0 Å². The number of anilines is 1. The van der Waals surface area contributed by atoms with E-state index in [0.717, 1.165) is 23.0 Å². The molecular weight excluding hydrogens is 242 g/mol. The van der Waals surface area contributed by atoms with Crippen molar-refractivity contribution in [2.75, 3.05) is 4.90 Å². The van der Waals surface area contributed by atoms with Crippen molar-refractivity contribution in [1.82, 2.24) is 0 Å². The van der Waals surface area contributed by atoms with Crippen molar-refractivity contribution >= 4 is 27.5 Å². The van der Waals surface area contributed by atoms with Crippen molar-refractivity contribution in [3.63, 3.8) is 0 Å². The van der Waals surface area contributed by atoms with Crippen LogP contribution in [0.5, 0.6) is 0 Å². The van der Waals surface area contributed by atoms with Crippen LogP contribution in [0.15, 0.2) is 22.7 Å². The van der Waals surface area contributed by atoms with Crippen LogP contribution in [0.25, 0.3) is 0 Å². The van der Waals surface area contributed by atoms with E-state index in [0.29, 0.717) is 0 Å². The number of carbonyl (C=O) groups excluding carboxylic acids is 1. The lowest BCUT2D eigenvalue weighted by atomic mass is 10.0. The molecule has 0 bridgehead atoms. The molecule has 73 valence electrons. The second kappa shape index (κ2) is 3.73. The first-order valence-electron chi connectivity index (χ1n) is 4.60. The molecule has 0 atom stereocenters. The summed E-state index contributed by atoms with van der Waals surface area (Å²) in [6.07, 6.45) is 1.95. The van der Waals surface area contributed by atoms with Crippen molar-refractivity contribution < 1.29 is 4.79 Å². The minimum Gasteiger partial charge on any atom is -0.307 e. The summed E-state index contributed by atoms with van der Waals surface area (Å²) in [6.45, 7) is 3.55. The van der Waals surface area contributed by atoms with Gasteiger partial charge in [-0.15, -0.1) is 0 Å². The fourth-order valence-electron chi connectivity index (χ4n) is 1.74. The molecule has 1 aromatic rings. The van der Waals surface area contributed by atoms with Crippen LogP contribution in [-0.2, 0) is 11.2 Å². The number of hydrogen-bond donors (Lipinski definition) is 0. The van der Waals surface area contributed by atoms with Crippen LogP contribution >= 0.6 is 15.9 Å². The van der Waals surface area contributed by atoms with Crippen LogP contribution in [-0.4, -0.2) is 5.91 Å². The average molecular weight is 253 g/mol. The number of benzene rings is 1. The molecule has 1 heterocycles. The van der Waals surface area contributed by atoms with Crippen molar-refractivity contribution in [3.05, 3.63) is 34.8 Å². The summed E-state index contributed by atoms with van der Waals surface area (Å²) in [6, 6.07) is 6.03. The molecule has 0 fully saturated rings. The van der Waals surface area contributed by atoms with Gasteiger partial charge in [-0.3, -0.25) is 4.79 Å². The zero-order valence-electron chi connectivity index (χ0n) is 7.96. The van der Waals surface area contributed by atoms with Crippen molar-refractivity contribution in [3.8, 4) is 0 Å². The highest BCUT2D eigenvalue weighted by atomic mass is 79.9. The molecule has 0 saturated carbocycles. The van der Waals surface area contributed by atoms with Crippen molar-refractivity contribution in [2.45, 2.75) is 19.8 Å². The number of fused-ring (bicyclic) bond motifs is 1. The van der Waals surface area contributed by atoms with E-state index in [2.05, 4.69) is 22.0 Å². The molecule has 3 heteroatoms. The fraction of sp³-hybridized carbons (Fsp3) is 0.273. The number of rotatable bonds is 0. The standard InChI is InChI=1S/C11H11BrNO/c1-8(14)13-6-2-3-9-7-10(12)4-5-11(9)13/h4-7H,2-3H2,1H3. The van der Waals surface area contributed by atoms with Gasteiger partial charge in [0.1, 0.15) is 0 Å². The Kier molecular flexibility index (Phi) is 2.59. The monoisotopic (exact) mass is 252 g/mol. The smallest absolute Gasteiger partial charge is 0.224 e. The molecular formula is C11H11BrNO. The topological polar surface area (TPSA) is 20.3 Å². The Hall–Kier alpha value is -0.830. The van der Waals surface area contributed by atoms with E-state index in [-0.39, 0.29) is 5.91 Å². The van der Waals surface area contributed by atoms with Crippen LogP contribution in [0.2, 0.25) is 0 Å². The van der Waals surface area contributed by atoms with E-state index in [9.17, 15) is 4.79 Å². The summed E-state index contributed by atoms with van der Waals surface area (Å²) in [5.74, 6) is 0.0771. The van der Waals surface area contributed by atoms with Crippen LogP contribution in [0.3, 0.4) is 0 Å². The largest absolute Gasteiger partial charge is 0.307 e. The maximum absolute atomic E-state index is 11.3. The van der Waals surface area contributed by atoms with Crippen LogP contribution in [0.1, 0.15) is 18.9 Å². The number of nitrogens with zero attached hydrogens (tertiary/aromatic N) is 1. The predicted molar refractivity (Wildman–Crippen MR) is 59.9 cm³/mol. The van der Waals surface area contributed by atoms with Gasteiger partial charge in [0.15, 0.2) is 0 Å². The highest BCUT2D eigenvalue weighted by Crippen LogP contribution is 2.31. The zero-order valence-corrected chi connectivity index (χ0v) is 9.54. The van der Waals surface area contributed by atoms with Gasteiger partial charge in [0.2, 0.25) is 5.91 Å². The lowest BCUT2D eigenvalue weighted by molar-refractivity contribution is -0.116. The van der Waals surface area contributed by atoms with Crippen LogP contribution in [0.4, 0.5) is 5.69 Å². The Morgan fingerprint density at radius 2 is 2.29 bits per heavy atom. The van der Waals surface area contributed by atoms with E-state index >= 15 is 0 Å². The molecule has 0 aromatic heterocycles. The highest BCUT2D eigenvalue weighted by molar-refractivity contribution is 9.10. The van der Waals surface area contributed by atoms with Gasteiger partial charge in [-0.2, -0.15) is 0 Å². The molecule has 0 spiro atoms. The normalized spacial score (nSPS) is 15.1. The van der Waals surface area contributed by atoms with Gasteiger partial charge in [-0.05, 0) is 36.6 Å². The Bertz CT molecular complexity index is 376. The lowest BCUT2D eigenvalue weighted by Crippen LogP contribution is -2.29. The lowest BCUT2D eigenvalue weighted by Gasteiger charge is -2.28. The summed E-state index contributed by atoms with van der Waals surface area (Å²) < 4.78 is 1.07. The van der Waals surface area contributed by atoms with Crippen LogP contribution < -0.4 is 4.90 Å².